The second-order valence-electron chi connectivity index (χ2n) is 4.36. The molecule has 0 radical (unpaired) electrons. The SMILES string of the molecule is Cc1ccc(F)c(C(NN)C2CCC2)c1. The van der Waals surface area contributed by atoms with Crippen molar-refractivity contribution in [2.24, 2.45) is 11.8 Å². The number of halogens is 1. The van der Waals surface area contributed by atoms with Gasteiger partial charge in [-0.05, 0) is 31.7 Å². The quantitative estimate of drug-likeness (QED) is 0.591. The van der Waals surface area contributed by atoms with Crippen molar-refractivity contribution < 1.29 is 4.39 Å². The van der Waals surface area contributed by atoms with Crippen LogP contribution in [0, 0.1) is 18.7 Å². The van der Waals surface area contributed by atoms with E-state index in [0.717, 1.165) is 18.4 Å². The van der Waals surface area contributed by atoms with Gasteiger partial charge in [0.05, 0.1) is 6.04 Å². The van der Waals surface area contributed by atoms with E-state index < -0.39 is 0 Å². The van der Waals surface area contributed by atoms with Crippen LogP contribution >= 0.6 is 0 Å². The molecule has 0 heterocycles. The van der Waals surface area contributed by atoms with Crippen molar-refractivity contribution in [3.8, 4) is 0 Å². The van der Waals surface area contributed by atoms with Gasteiger partial charge in [-0.15, -0.1) is 0 Å². The standard InChI is InChI=1S/C12H17FN2/c1-8-5-6-11(13)10(7-8)12(15-14)9-3-2-4-9/h5-7,9,12,15H,2-4,14H2,1H3. The minimum Gasteiger partial charge on any atom is -0.271 e. The van der Waals surface area contributed by atoms with E-state index in [1.54, 1.807) is 6.07 Å². The lowest BCUT2D eigenvalue weighted by atomic mass is 9.77. The first-order valence-electron chi connectivity index (χ1n) is 5.44. The van der Waals surface area contributed by atoms with E-state index in [2.05, 4.69) is 5.43 Å². The number of benzene rings is 1. The molecule has 3 N–H and O–H groups in total. The summed E-state index contributed by atoms with van der Waals surface area (Å²) in [5.41, 5.74) is 4.53. The first-order valence-corrected chi connectivity index (χ1v) is 5.44. The molecule has 1 aromatic carbocycles. The molecule has 0 aromatic heterocycles. The lowest BCUT2D eigenvalue weighted by Gasteiger charge is -2.33. The first-order chi connectivity index (χ1) is 7.22. The molecule has 0 aliphatic heterocycles. The van der Waals surface area contributed by atoms with Crippen molar-refractivity contribution in [1.29, 1.82) is 0 Å². The number of hydrogen-bond acceptors (Lipinski definition) is 2. The van der Waals surface area contributed by atoms with Gasteiger partial charge in [0.25, 0.3) is 0 Å². The Morgan fingerprint density at radius 3 is 2.73 bits per heavy atom. The average molecular weight is 208 g/mol. The van der Waals surface area contributed by atoms with E-state index in [9.17, 15) is 4.39 Å². The molecule has 0 amide bonds. The van der Waals surface area contributed by atoms with Crippen molar-refractivity contribution in [2.45, 2.75) is 32.2 Å². The summed E-state index contributed by atoms with van der Waals surface area (Å²) in [6, 6.07) is 5.16. The van der Waals surface area contributed by atoms with Crippen LogP contribution in [0.1, 0.15) is 36.4 Å². The Morgan fingerprint density at radius 1 is 1.47 bits per heavy atom. The number of nitrogens with two attached hydrogens (primary N) is 1. The number of aryl methyl sites for hydroxylation is 1. The van der Waals surface area contributed by atoms with Gasteiger partial charge in [-0.3, -0.25) is 11.3 Å². The molecule has 1 fully saturated rings. The Kier molecular flexibility index (Phi) is 3.03. The minimum absolute atomic E-state index is 0.0290. The van der Waals surface area contributed by atoms with Crippen LogP contribution in [-0.4, -0.2) is 0 Å². The molecule has 0 saturated heterocycles. The van der Waals surface area contributed by atoms with E-state index in [1.165, 1.54) is 12.5 Å². The fourth-order valence-corrected chi connectivity index (χ4v) is 2.15. The summed E-state index contributed by atoms with van der Waals surface area (Å²) < 4.78 is 13.6. The summed E-state index contributed by atoms with van der Waals surface area (Å²) in [5, 5.41) is 0. The third-order valence-corrected chi connectivity index (χ3v) is 3.29. The van der Waals surface area contributed by atoms with Gasteiger partial charge in [0.1, 0.15) is 5.82 Å². The van der Waals surface area contributed by atoms with Crippen LogP contribution in [0.3, 0.4) is 0 Å². The van der Waals surface area contributed by atoms with Crippen LogP contribution in [0.5, 0.6) is 0 Å². The smallest absolute Gasteiger partial charge is 0.128 e. The van der Waals surface area contributed by atoms with Gasteiger partial charge < -0.3 is 0 Å². The monoisotopic (exact) mass is 208 g/mol. The lowest BCUT2D eigenvalue weighted by Crippen LogP contribution is -2.37. The molecule has 82 valence electrons. The highest BCUT2D eigenvalue weighted by atomic mass is 19.1. The molecule has 1 saturated carbocycles. The molecule has 0 bridgehead atoms. The molecule has 1 aliphatic rings. The van der Waals surface area contributed by atoms with Crippen molar-refractivity contribution in [3.63, 3.8) is 0 Å². The van der Waals surface area contributed by atoms with E-state index in [0.29, 0.717) is 11.5 Å². The van der Waals surface area contributed by atoms with Crippen LogP contribution in [-0.2, 0) is 0 Å². The molecule has 1 unspecified atom stereocenters. The van der Waals surface area contributed by atoms with Gasteiger partial charge in [0, 0.05) is 5.56 Å². The van der Waals surface area contributed by atoms with Gasteiger partial charge >= 0.3 is 0 Å². The number of hydrogen-bond donors (Lipinski definition) is 2. The first kappa shape index (κ1) is 10.6. The van der Waals surface area contributed by atoms with Crippen molar-refractivity contribution in [1.82, 2.24) is 5.43 Å². The third-order valence-electron chi connectivity index (χ3n) is 3.29. The van der Waals surface area contributed by atoms with Gasteiger partial charge in [0.2, 0.25) is 0 Å². The molecule has 1 aliphatic carbocycles. The number of rotatable bonds is 3. The van der Waals surface area contributed by atoms with E-state index in [4.69, 9.17) is 5.84 Å². The van der Waals surface area contributed by atoms with Crippen LogP contribution in [0.4, 0.5) is 4.39 Å². The van der Waals surface area contributed by atoms with Crippen molar-refractivity contribution in [3.05, 3.63) is 35.1 Å². The summed E-state index contributed by atoms with van der Waals surface area (Å²) in [5.74, 6) is 5.85. The van der Waals surface area contributed by atoms with Crippen LogP contribution in [0.15, 0.2) is 18.2 Å². The summed E-state index contributed by atoms with van der Waals surface area (Å²) in [6.45, 7) is 1.97. The summed E-state index contributed by atoms with van der Waals surface area (Å²) >= 11 is 0. The maximum absolute atomic E-state index is 13.6. The minimum atomic E-state index is -0.157. The maximum Gasteiger partial charge on any atom is 0.128 e. The third kappa shape index (κ3) is 2.03. The second-order valence-corrected chi connectivity index (χ2v) is 4.36. The van der Waals surface area contributed by atoms with E-state index in [-0.39, 0.29) is 11.9 Å². The Labute approximate surface area is 89.6 Å². The van der Waals surface area contributed by atoms with E-state index in [1.807, 2.05) is 13.0 Å². The maximum atomic E-state index is 13.6. The predicted octanol–water partition coefficient (Wildman–Crippen LogP) is 2.44. The Morgan fingerprint density at radius 2 is 2.20 bits per heavy atom. The molecular formula is C12H17FN2. The van der Waals surface area contributed by atoms with Crippen molar-refractivity contribution >= 4 is 0 Å². The molecule has 2 rings (SSSR count). The normalized spacial score (nSPS) is 18.6. The fraction of sp³-hybridized carbons (Fsp3) is 0.500. The summed E-state index contributed by atoms with van der Waals surface area (Å²) in [6.07, 6.45) is 3.51. The summed E-state index contributed by atoms with van der Waals surface area (Å²) in [7, 11) is 0. The molecule has 0 spiro atoms. The highest BCUT2D eigenvalue weighted by molar-refractivity contribution is 5.27. The molecule has 15 heavy (non-hydrogen) atoms. The van der Waals surface area contributed by atoms with Gasteiger partial charge in [-0.25, -0.2) is 4.39 Å². The Hall–Kier alpha value is -0.930. The average Bonchev–Trinajstić information content (AvgIpc) is 2.15. The number of nitrogens with one attached hydrogen (secondary N) is 1. The molecule has 1 aromatic rings. The van der Waals surface area contributed by atoms with Gasteiger partial charge in [-0.1, -0.05) is 24.1 Å². The Balaban J connectivity index is 2.28. The zero-order chi connectivity index (χ0) is 10.8. The van der Waals surface area contributed by atoms with Crippen molar-refractivity contribution in [2.75, 3.05) is 0 Å². The topological polar surface area (TPSA) is 38.0 Å². The Bertz CT molecular complexity index is 347. The van der Waals surface area contributed by atoms with Gasteiger partial charge in [0.15, 0.2) is 0 Å². The molecule has 3 heteroatoms. The fourth-order valence-electron chi connectivity index (χ4n) is 2.15. The van der Waals surface area contributed by atoms with Gasteiger partial charge in [-0.2, -0.15) is 0 Å². The largest absolute Gasteiger partial charge is 0.271 e. The zero-order valence-electron chi connectivity index (χ0n) is 8.96. The second kappa shape index (κ2) is 4.29. The van der Waals surface area contributed by atoms with Crippen LogP contribution in [0.2, 0.25) is 0 Å². The lowest BCUT2D eigenvalue weighted by molar-refractivity contribution is 0.228. The van der Waals surface area contributed by atoms with Crippen LogP contribution in [0.25, 0.3) is 0 Å². The molecule has 2 nitrogen and oxygen atoms in total. The van der Waals surface area contributed by atoms with Crippen LogP contribution < -0.4 is 11.3 Å². The zero-order valence-corrected chi connectivity index (χ0v) is 8.96. The number of hydrazine groups is 1. The molecule has 1 atom stereocenters. The highest BCUT2D eigenvalue weighted by Crippen LogP contribution is 2.38. The summed E-state index contributed by atoms with van der Waals surface area (Å²) in [4.78, 5) is 0. The predicted molar refractivity (Wildman–Crippen MR) is 58.5 cm³/mol. The van der Waals surface area contributed by atoms with E-state index >= 15 is 0 Å². The highest BCUT2D eigenvalue weighted by Gasteiger charge is 2.29. The molecular weight excluding hydrogens is 191 g/mol.